The molecule has 0 atom stereocenters. The summed E-state index contributed by atoms with van der Waals surface area (Å²) in [7, 11) is 0. The number of H-pyrrole nitrogens is 1. The first-order valence-electron chi connectivity index (χ1n) is 11.7. The molecule has 4 heterocycles. The van der Waals surface area contributed by atoms with Crippen LogP contribution in [0.25, 0.3) is 16.5 Å². The second-order valence-electron chi connectivity index (χ2n) is 9.23. The number of aromatic amines is 1. The zero-order valence-electron chi connectivity index (χ0n) is 20.5. The van der Waals surface area contributed by atoms with Crippen LogP contribution in [0.2, 0.25) is 0 Å². The van der Waals surface area contributed by atoms with Gasteiger partial charge in [0.05, 0.1) is 4.88 Å². The number of carbonyl (C=O) groups is 1. The number of para-hydroxylation sites is 1. The van der Waals surface area contributed by atoms with E-state index in [2.05, 4.69) is 20.4 Å². The summed E-state index contributed by atoms with van der Waals surface area (Å²) < 4.78 is 13.3. The lowest BCUT2D eigenvalue weighted by molar-refractivity contribution is -0.118. The largest absolute Gasteiger partial charge is 0.483 e. The summed E-state index contributed by atoms with van der Waals surface area (Å²) in [5.74, 6) is 1.42. The SMILES string of the molecule is CCc1c(C)nc(-n2nc(-c3cccs3)cc2NC(=O)COc2cccc3c2OC(C)(C)C3)[nH]c1=O. The number of ether oxygens (including phenoxy) is 2. The van der Waals surface area contributed by atoms with Gasteiger partial charge >= 0.3 is 0 Å². The Balaban J connectivity index is 1.40. The number of carbonyl (C=O) groups excluding carboxylic acids is 1. The van der Waals surface area contributed by atoms with Gasteiger partial charge in [-0.15, -0.1) is 11.3 Å². The first-order valence-corrected chi connectivity index (χ1v) is 12.6. The molecule has 1 aromatic carbocycles. The molecule has 0 saturated heterocycles. The molecule has 9 nitrogen and oxygen atoms in total. The van der Waals surface area contributed by atoms with Gasteiger partial charge in [0.15, 0.2) is 18.1 Å². The summed E-state index contributed by atoms with van der Waals surface area (Å²) in [6, 6.07) is 11.3. The molecule has 1 amide bonds. The molecule has 1 aliphatic rings. The van der Waals surface area contributed by atoms with Crippen molar-refractivity contribution in [1.82, 2.24) is 19.7 Å². The predicted molar refractivity (Wildman–Crippen MR) is 138 cm³/mol. The molecular formula is C26H27N5O4S. The summed E-state index contributed by atoms with van der Waals surface area (Å²) >= 11 is 1.52. The van der Waals surface area contributed by atoms with Gasteiger partial charge in [-0.05, 0) is 44.7 Å². The molecule has 3 aromatic heterocycles. The zero-order valence-corrected chi connectivity index (χ0v) is 21.4. The van der Waals surface area contributed by atoms with Gasteiger partial charge in [0, 0.05) is 29.3 Å². The first-order chi connectivity index (χ1) is 17.2. The van der Waals surface area contributed by atoms with Gasteiger partial charge in [-0.1, -0.05) is 25.1 Å². The molecule has 4 aromatic rings. The Kier molecular flexibility index (Phi) is 6.13. The minimum Gasteiger partial charge on any atom is -0.483 e. The number of anilines is 1. The number of benzene rings is 1. The predicted octanol–water partition coefficient (Wildman–Crippen LogP) is 4.29. The number of nitrogens with zero attached hydrogens (tertiary/aromatic N) is 3. The Morgan fingerprint density at radius 3 is 2.86 bits per heavy atom. The highest BCUT2D eigenvalue weighted by Crippen LogP contribution is 2.41. The Morgan fingerprint density at radius 1 is 1.31 bits per heavy atom. The van der Waals surface area contributed by atoms with E-state index in [4.69, 9.17) is 9.47 Å². The van der Waals surface area contributed by atoms with Crippen molar-refractivity contribution in [2.24, 2.45) is 0 Å². The number of nitrogens with one attached hydrogen (secondary N) is 2. The minimum absolute atomic E-state index is 0.225. The fraction of sp³-hybridized carbons (Fsp3) is 0.308. The van der Waals surface area contributed by atoms with Crippen LogP contribution in [0.5, 0.6) is 11.5 Å². The van der Waals surface area contributed by atoms with E-state index in [9.17, 15) is 9.59 Å². The van der Waals surface area contributed by atoms with E-state index in [-0.39, 0.29) is 29.6 Å². The number of hydrogen-bond acceptors (Lipinski definition) is 7. The molecule has 5 rings (SSSR count). The van der Waals surface area contributed by atoms with Crippen LogP contribution in [0, 0.1) is 6.92 Å². The Labute approximate surface area is 212 Å². The summed E-state index contributed by atoms with van der Waals surface area (Å²) in [5.41, 5.74) is 2.39. The maximum absolute atomic E-state index is 12.9. The quantitative estimate of drug-likeness (QED) is 0.388. The Morgan fingerprint density at radius 2 is 2.14 bits per heavy atom. The molecule has 0 radical (unpaired) electrons. The van der Waals surface area contributed by atoms with E-state index in [0.29, 0.717) is 40.7 Å². The number of fused-ring (bicyclic) bond motifs is 1. The van der Waals surface area contributed by atoms with Crippen LogP contribution in [-0.4, -0.2) is 37.9 Å². The molecule has 0 aliphatic carbocycles. The Hall–Kier alpha value is -3.92. The van der Waals surface area contributed by atoms with Crippen molar-refractivity contribution in [3.05, 3.63) is 69.0 Å². The Bertz CT molecular complexity index is 1490. The second-order valence-corrected chi connectivity index (χ2v) is 10.2. The van der Waals surface area contributed by atoms with Crippen molar-refractivity contribution in [2.45, 2.75) is 46.1 Å². The fourth-order valence-corrected chi connectivity index (χ4v) is 4.99. The van der Waals surface area contributed by atoms with Gasteiger partial charge < -0.3 is 14.8 Å². The molecule has 0 bridgehead atoms. The second kappa shape index (κ2) is 9.27. The number of thiophene rings is 1. The summed E-state index contributed by atoms with van der Waals surface area (Å²) in [6.07, 6.45) is 1.34. The van der Waals surface area contributed by atoms with Gasteiger partial charge in [0.1, 0.15) is 17.1 Å². The molecule has 0 saturated carbocycles. The molecule has 36 heavy (non-hydrogen) atoms. The van der Waals surface area contributed by atoms with Gasteiger partial charge in [-0.3, -0.25) is 14.6 Å². The van der Waals surface area contributed by atoms with Crippen molar-refractivity contribution in [3.63, 3.8) is 0 Å². The van der Waals surface area contributed by atoms with E-state index in [1.807, 2.05) is 50.4 Å². The minimum atomic E-state index is -0.381. The molecule has 0 unspecified atom stereocenters. The van der Waals surface area contributed by atoms with Crippen LogP contribution in [0.4, 0.5) is 5.82 Å². The standard InChI is InChI=1S/C26H27N5O4S/c1-5-17-15(2)27-25(29-24(17)33)31-21(12-18(30-31)20-10-7-11-36-20)28-22(32)14-34-19-9-6-8-16-13-26(3,4)35-23(16)19/h6-12H,5,13-14H2,1-4H3,(H,28,32)(H,27,29,33). The lowest BCUT2D eigenvalue weighted by Crippen LogP contribution is -2.25. The van der Waals surface area contributed by atoms with Crippen molar-refractivity contribution >= 4 is 23.1 Å². The molecule has 2 N–H and O–H groups in total. The molecule has 0 fully saturated rings. The van der Waals surface area contributed by atoms with Crippen molar-refractivity contribution in [2.75, 3.05) is 11.9 Å². The third-order valence-electron chi connectivity index (χ3n) is 5.93. The van der Waals surface area contributed by atoms with Crippen LogP contribution in [-0.2, 0) is 17.6 Å². The zero-order chi connectivity index (χ0) is 25.4. The third-order valence-corrected chi connectivity index (χ3v) is 6.82. The van der Waals surface area contributed by atoms with E-state index >= 15 is 0 Å². The van der Waals surface area contributed by atoms with E-state index in [0.717, 1.165) is 16.9 Å². The number of aryl methyl sites for hydroxylation is 1. The highest BCUT2D eigenvalue weighted by atomic mass is 32.1. The van der Waals surface area contributed by atoms with E-state index < -0.39 is 0 Å². The van der Waals surface area contributed by atoms with Gasteiger partial charge in [-0.25, -0.2) is 4.98 Å². The first kappa shape index (κ1) is 23.8. The summed E-state index contributed by atoms with van der Waals surface area (Å²) in [4.78, 5) is 33.7. The number of hydrogen-bond donors (Lipinski definition) is 2. The average molecular weight is 506 g/mol. The van der Waals surface area contributed by atoms with E-state index in [1.165, 1.54) is 16.0 Å². The molecule has 0 spiro atoms. The lowest BCUT2D eigenvalue weighted by Gasteiger charge is -2.18. The average Bonchev–Trinajstić information content (AvgIpc) is 3.55. The van der Waals surface area contributed by atoms with Gasteiger partial charge in [0.2, 0.25) is 5.95 Å². The topological polar surface area (TPSA) is 111 Å². The van der Waals surface area contributed by atoms with Crippen LogP contribution in [0.1, 0.15) is 37.6 Å². The van der Waals surface area contributed by atoms with E-state index in [1.54, 1.807) is 19.1 Å². The lowest BCUT2D eigenvalue weighted by atomic mass is 10.0. The van der Waals surface area contributed by atoms with Crippen molar-refractivity contribution < 1.29 is 14.3 Å². The van der Waals surface area contributed by atoms with Gasteiger partial charge in [-0.2, -0.15) is 9.78 Å². The maximum Gasteiger partial charge on any atom is 0.263 e. The number of aromatic nitrogens is 4. The molecular weight excluding hydrogens is 478 g/mol. The molecule has 10 heteroatoms. The van der Waals surface area contributed by atoms with Crippen molar-refractivity contribution in [1.29, 1.82) is 0 Å². The normalized spacial score (nSPS) is 13.8. The molecule has 1 aliphatic heterocycles. The third kappa shape index (κ3) is 4.64. The van der Waals surface area contributed by atoms with Crippen LogP contribution in [0.15, 0.2) is 46.6 Å². The van der Waals surface area contributed by atoms with Crippen LogP contribution >= 0.6 is 11.3 Å². The van der Waals surface area contributed by atoms with Crippen molar-refractivity contribution in [3.8, 4) is 28.0 Å². The maximum atomic E-state index is 12.9. The van der Waals surface area contributed by atoms with Gasteiger partial charge in [0.25, 0.3) is 11.5 Å². The van der Waals surface area contributed by atoms with Crippen LogP contribution < -0.4 is 20.3 Å². The number of rotatable bonds is 7. The summed E-state index contributed by atoms with van der Waals surface area (Å²) in [5, 5.41) is 9.41. The highest BCUT2D eigenvalue weighted by molar-refractivity contribution is 7.13. The number of amides is 1. The smallest absolute Gasteiger partial charge is 0.263 e. The van der Waals surface area contributed by atoms with Crippen LogP contribution in [0.3, 0.4) is 0 Å². The fourth-order valence-electron chi connectivity index (χ4n) is 4.31. The monoisotopic (exact) mass is 505 g/mol. The molecule has 186 valence electrons. The highest BCUT2D eigenvalue weighted by Gasteiger charge is 2.32. The summed E-state index contributed by atoms with van der Waals surface area (Å²) in [6.45, 7) is 7.50.